The minimum Gasteiger partial charge on any atom is -0.272 e. The van der Waals surface area contributed by atoms with Gasteiger partial charge in [0.1, 0.15) is 0 Å². The lowest BCUT2D eigenvalue weighted by atomic mass is 9.81. The van der Waals surface area contributed by atoms with Crippen LogP contribution >= 0.6 is 11.6 Å². The Balaban J connectivity index is 1.71. The normalized spacial score (nSPS) is 20.5. The van der Waals surface area contributed by atoms with Crippen molar-refractivity contribution >= 4 is 35.0 Å². The highest BCUT2D eigenvalue weighted by molar-refractivity contribution is 6.33. The van der Waals surface area contributed by atoms with Crippen LogP contribution in [0.5, 0.6) is 0 Å². The predicted molar refractivity (Wildman–Crippen MR) is 112 cm³/mol. The van der Waals surface area contributed by atoms with E-state index in [2.05, 4.69) is 0 Å². The second-order valence-corrected chi connectivity index (χ2v) is 8.16. The van der Waals surface area contributed by atoms with E-state index in [1.54, 1.807) is 18.2 Å². The van der Waals surface area contributed by atoms with E-state index >= 15 is 0 Å². The van der Waals surface area contributed by atoms with Crippen LogP contribution in [0.2, 0.25) is 5.02 Å². The Morgan fingerprint density at radius 3 is 2.16 bits per heavy atom. The van der Waals surface area contributed by atoms with E-state index in [9.17, 15) is 24.5 Å². The first-order valence-electron chi connectivity index (χ1n) is 10.1. The van der Waals surface area contributed by atoms with Crippen LogP contribution in [-0.4, -0.2) is 32.7 Å². The van der Waals surface area contributed by atoms with Crippen LogP contribution in [0.4, 0.5) is 5.69 Å². The number of carbonyl (C=O) groups excluding carboxylic acids is 3. The van der Waals surface area contributed by atoms with Crippen LogP contribution in [0.15, 0.2) is 48.5 Å². The number of halogens is 1. The molecule has 2 fully saturated rings. The fraction of sp³-hybridized carbons (Fsp3) is 0.318. The first-order chi connectivity index (χ1) is 14.9. The molecule has 2 aromatic carbocycles. The van der Waals surface area contributed by atoms with Gasteiger partial charge >= 0.3 is 0 Å². The Hall–Kier alpha value is -3.26. The monoisotopic (exact) mass is 441 g/mol. The van der Waals surface area contributed by atoms with Gasteiger partial charge in [0.2, 0.25) is 0 Å². The molecule has 0 bridgehead atoms. The van der Waals surface area contributed by atoms with Crippen LogP contribution in [0.25, 0.3) is 0 Å². The average Bonchev–Trinajstić information content (AvgIpc) is 3.03. The number of imide groups is 1. The number of benzene rings is 2. The van der Waals surface area contributed by atoms with Crippen molar-refractivity contribution in [2.45, 2.75) is 32.2 Å². The number of rotatable bonds is 5. The van der Waals surface area contributed by atoms with Crippen molar-refractivity contribution in [3.63, 3.8) is 0 Å². The number of nitrogens with zero attached hydrogens (tertiary/aromatic N) is 3. The quantitative estimate of drug-likeness (QED) is 0.397. The van der Waals surface area contributed by atoms with Crippen LogP contribution < -0.4 is 0 Å². The van der Waals surface area contributed by atoms with Crippen molar-refractivity contribution in [1.29, 1.82) is 0 Å². The smallest absolute Gasteiger partial charge is 0.272 e. The van der Waals surface area contributed by atoms with Gasteiger partial charge in [0.25, 0.3) is 23.4 Å². The number of hydrogen-bond donors (Lipinski definition) is 0. The van der Waals surface area contributed by atoms with E-state index in [-0.39, 0.29) is 34.6 Å². The summed E-state index contributed by atoms with van der Waals surface area (Å²) in [5.74, 6) is -2.17. The number of amides is 3. The summed E-state index contributed by atoms with van der Waals surface area (Å²) < 4.78 is 0. The molecule has 0 aromatic heterocycles. The molecule has 1 saturated heterocycles. The van der Waals surface area contributed by atoms with E-state index in [0.717, 1.165) is 22.9 Å². The standard InChI is InChI=1S/C22H20ClN3O5/c23-19-8-4-3-7-18(19)20(27)24(13-14-9-11-15(12-10-14)26(30)31)25-21(28)16-5-1-2-6-17(16)22(25)29/h3-4,7-12,16-17H,1-2,5-6,13H2/t16-,17+. The lowest BCUT2D eigenvalue weighted by Crippen LogP contribution is -2.49. The molecule has 1 aliphatic carbocycles. The highest BCUT2D eigenvalue weighted by Crippen LogP contribution is 2.39. The van der Waals surface area contributed by atoms with Gasteiger partial charge in [0.15, 0.2) is 0 Å². The van der Waals surface area contributed by atoms with Gasteiger partial charge in [-0.05, 0) is 30.5 Å². The lowest BCUT2D eigenvalue weighted by molar-refractivity contribution is -0.384. The maximum atomic E-state index is 13.4. The number of non-ortho nitro benzene ring substituents is 1. The highest BCUT2D eigenvalue weighted by Gasteiger charge is 2.51. The van der Waals surface area contributed by atoms with E-state index in [0.29, 0.717) is 18.4 Å². The Morgan fingerprint density at radius 1 is 1.03 bits per heavy atom. The minimum absolute atomic E-state index is 0.0907. The fourth-order valence-electron chi connectivity index (χ4n) is 4.29. The maximum absolute atomic E-state index is 13.4. The van der Waals surface area contributed by atoms with Gasteiger partial charge in [-0.15, -0.1) is 0 Å². The van der Waals surface area contributed by atoms with E-state index in [1.807, 2.05) is 0 Å². The van der Waals surface area contributed by atoms with Crippen molar-refractivity contribution in [3.8, 4) is 0 Å². The topological polar surface area (TPSA) is 101 Å². The Bertz CT molecular complexity index is 1030. The van der Waals surface area contributed by atoms with Gasteiger partial charge in [-0.25, -0.2) is 5.01 Å². The molecule has 31 heavy (non-hydrogen) atoms. The van der Waals surface area contributed by atoms with E-state index in [4.69, 9.17) is 11.6 Å². The van der Waals surface area contributed by atoms with Crippen LogP contribution in [0, 0.1) is 22.0 Å². The number of fused-ring (bicyclic) bond motifs is 1. The molecule has 160 valence electrons. The third-order valence-electron chi connectivity index (χ3n) is 5.88. The molecule has 0 N–H and O–H groups in total. The maximum Gasteiger partial charge on any atom is 0.274 e. The minimum atomic E-state index is -0.579. The lowest BCUT2D eigenvalue weighted by Gasteiger charge is -2.31. The molecule has 4 rings (SSSR count). The van der Waals surface area contributed by atoms with E-state index < -0.39 is 22.7 Å². The molecule has 1 saturated carbocycles. The molecule has 2 aromatic rings. The molecule has 2 aliphatic rings. The first-order valence-corrected chi connectivity index (χ1v) is 10.4. The summed E-state index contributed by atoms with van der Waals surface area (Å²) in [5.41, 5.74) is 0.620. The zero-order chi connectivity index (χ0) is 22.1. The van der Waals surface area contributed by atoms with Gasteiger partial charge in [0.05, 0.1) is 33.9 Å². The molecular formula is C22H20ClN3O5. The Morgan fingerprint density at radius 2 is 1.61 bits per heavy atom. The zero-order valence-electron chi connectivity index (χ0n) is 16.6. The van der Waals surface area contributed by atoms with Crippen LogP contribution in [0.3, 0.4) is 0 Å². The summed E-state index contributed by atoms with van der Waals surface area (Å²) in [4.78, 5) is 50.1. The first kappa shape index (κ1) is 21.0. The van der Waals surface area contributed by atoms with Crippen molar-refractivity contribution in [1.82, 2.24) is 10.0 Å². The van der Waals surface area contributed by atoms with E-state index in [1.165, 1.54) is 30.3 Å². The fourth-order valence-corrected chi connectivity index (χ4v) is 4.50. The zero-order valence-corrected chi connectivity index (χ0v) is 17.3. The van der Waals surface area contributed by atoms with Crippen molar-refractivity contribution in [2.75, 3.05) is 0 Å². The third kappa shape index (κ3) is 3.90. The molecule has 3 amide bonds. The Kier molecular flexibility index (Phi) is 5.73. The van der Waals surface area contributed by atoms with Crippen molar-refractivity contribution in [2.24, 2.45) is 11.8 Å². The summed E-state index contributed by atoms with van der Waals surface area (Å²) in [6, 6.07) is 12.1. The number of hydrogen-bond acceptors (Lipinski definition) is 5. The number of nitro groups is 1. The molecule has 2 atom stereocenters. The van der Waals surface area contributed by atoms with Gasteiger partial charge < -0.3 is 0 Å². The number of nitro benzene ring substituents is 1. The van der Waals surface area contributed by atoms with Crippen molar-refractivity contribution < 1.29 is 19.3 Å². The molecule has 1 aliphatic heterocycles. The summed E-state index contributed by atoms with van der Waals surface area (Å²) in [6.45, 7) is -0.0982. The van der Waals surface area contributed by atoms with Gasteiger partial charge in [-0.2, -0.15) is 5.01 Å². The molecular weight excluding hydrogens is 422 g/mol. The van der Waals surface area contributed by atoms with Gasteiger partial charge in [-0.3, -0.25) is 24.5 Å². The molecule has 0 radical (unpaired) electrons. The second-order valence-electron chi connectivity index (χ2n) is 7.75. The molecule has 0 spiro atoms. The summed E-state index contributed by atoms with van der Waals surface area (Å²) >= 11 is 6.21. The van der Waals surface area contributed by atoms with Crippen LogP contribution in [-0.2, 0) is 16.1 Å². The molecule has 8 nitrogen and oxygen atoms in total. The van der Waals surface area contributed by atoms with Crippen LogP contribution in [0.1, 0.15) is 41.6 Å². The second kappa shape index (κ2) is 8.47. The van der Waals surface area contributed by atoms with Gasteiger partial charge in [0, 0.05) is 12.1 Å². The SMILES string of the molecule is O=C(c1ccccc1Cl)N(Cc1ccc([N+](=O)[O-])cc1)N1C(=O)[C@H]2CCCC[C@H]2C1=O. The summed E-state index contributed by atoms with van der Waals surface area (Å²) in [7, 11) is 0. The Labute approximate surface area is 183 Å². The van der Waals surface area contributed by atoms with Gasteiger partial charge in [-0.1, -0.05) is 48.7 Å². The largest absolute Gasteiger partial charge is 0.274 e. The number of carbonyl (C=O) groups is 3. The number of hydrazine groups is 1. The summed E-state index contributed by atoms with van der Waals surface area (Å²) in [6.07, 6.45) is 2.98. The molecule has 9 heteroatoms. The third-order valence-corrected chi connectivity index (χ3v) is 6.21. The molecule has 1 heterocycles. The highest BCUT2D eigenvalue weighted by atomic mass is 35.5. The molecule has 0 unspecified atom stereocenters. The average molecular weight is 442 g/mol. The predicted octanol–water partition coefficient (Wildman–Crippen LogP) is 3.98. The summed E-state index contributed by atoms with van der Waals surface area (Å²) in [5, 5.41) is 13.2. The van der Waals surface area contributed by atoms with Crippen molar-refractivity contribution in [3.05, 3.63) is 74.8 Å².